The van der Waals surface area contributed by atoms with Gasteiger partial charge in [0, 0.05) is 22.7 Å². The van der Waals surface area contributed by atoms with Gasteiger partial charge in [0.1, 0.15) is 28.0 Å². The zero-order valence-electron chi connectivity index (χ0n) is 21.7. The van der Waals surface area contributed by atoms with Crippen LogP contribution in [0.4, 0.5) is 20.3 Å². The number of halogens is 4. The molecule has 3 aromatic carbocycles. The van der Waals surface area contributed by atoms with E-state index in [2.05, 4.69) is 10.3 Å². The lowest BCUT2D eigenvalue weighted by molar-refractivity contribution is 0.391. The smallest absolute Gasteiger partial charge is 0.268 e. The molecule has 1 heterocycles. The molecule has 0 saturated heterocycles. The molecule has 4 aromatic rings. The molecule has 0 amide bonds. The highest BCUT2D eigenvalue weighted by Crippen LogP contribution is 2.35. The number of ether oxygens (including phenoxy) is 2. The standard InChI is InChI=1S/C28H25Cl2F2N3O4S/c1-17(18-7-10-20(29)11-8-18)33-24-15-23(31)26(14-22(24)30)40(36,37)35(28-6-4-5-27(32)34-28)16-19-9-12-21(38-2)13-25(19)39-3/h4-15,17,33H,16H2,1-3H3. The number of hydrogen-bond donors (Lipinski definition) is 1. The van der Waals surface area contributed by atoms with Gasteiger partial charge < -0.3 is 14.8 Å². The summed E-state index contributed by atoms with van der Waals surface area (Å²) in [7, 11) is -1.76. The minimum absolute atomic E-state index is 0.0324. The van der Waals surface area contributed by atoms with Gasteiger partial charge in [-0.25, -0.2) is 22.1 Å². The number of pyridine rings is 1. The maximum atomic E-state index is 15.5. The summed E-state index contributed by atoms with van der Waals surface area (Å²) in [6.07, 6.45) is 0. The van der Waals surface area contributed by atoms with E-state index in [0.717, 1.165) is 28.1 Å². The molecule has 0 aliphatic carbocycles. The van der Waals surface area contributed by atoms with Gasteiger partial charge in [-0.1, -0.05) is 41.4 Å². The van der Waals surface area contributed by atoms with Gasteiger partial charge in [-0.15, -0.1) is 0 Å². The highest BCUT2D eigenvalue weighted by molar-refractivity contribution is 7.92. The molecule has 4 rings (SSSR count). The molecular formula is C28H25Cl2F2N3O4S. The Bertz CT molecular complexity index is 1620. The quantitative estimate of drug-likeness (QED) is 0.191. The first-order chi connectivity index (χ1) is 19.0. The van der Waals surface area contributed by atoms with E-state index in [1.807, 2.05) is 6.92 Å². The minimum Gasteiger partial charge on any atom is -0.497 e. The molecular weight excluding hydrogens is 583 g/mol. The Morgan fingerprint density at radius 3 is 2.35 bits per heavy atom. The Hall–Kier alpha value is -3.60. The fourth-order valence-electron chi connectivity index (χ4n) is 3.99. The predicted octanol–water partition coefficient (Wildman–Crippen LogP) is 7.25. The fourth-order valence-corrected chi connectivity index (χ4v) is 5.86. The first-order valence-electron chi connectivity index (χ1n) is 11.9. The number of hydrogen-bond acceptors (Lipinski definition) is 6. The third-order valence-corrected chi connectivity index (χ3v) is 8.43. The second-order valence-corrected chi connectivity index (χ2v) is 11.4. The number of benzene rings is 3. The van der Waals surface area contributed by atoms with Gasteiger partial charge in [-0.3, -0.25) is 0 Å². The molecule has 0 fully saturated rings. The van der Waals surface area contributed by atoms with Gasteiger partial charge in [0.05, 0.1) is 31.5 Å². The van der Waals surface area contributed by atoms with E-state index in [1.165, 1.54) is 26.4 Å². The maximum Gasteiger partial charge on any atom is 0.268 e. The SMILES string of the molecule is COc1ccc(CN(c2cccc(F)n2)S(=O)(=O)c2cc(Cl)c(NC(C)c3ccc(Cl)cc3)cc2F)c(OC)c1. The van der Waals surface area contributed by atoms with Crippen molar-refractivity contribution in [3.8, 4) is 11.5 Å². The van der Waals surface area contributed by atoms with E-state index in [4.69, 9.17) is 32.7 Å². The van der Waals surface area contributed by atoms with Crippen LogP contribution in [0.3, 0.4) is 0 Å². The Morgan fingerprint density at radius 1 is 0.975 bits per heavy atom. The lowest BCUT2D eigenvalue weighted by Crippen LogP contribution is -2.32. The number of methoxy groups -OCH3 is 2. The number of anilines is 2. The van der Waals surface area contributed by atoms with Crippen molar-refractivity contribution in [3.05, 3.63) is 106 Å². The van der Waals surface area contributed by atoms with Crippen LogP contribution in [0.15, 0.2) is 77.7 Å². The van der Waals surface area contributed by atoms with Gasteiger partial charge in [-0.05, 0) is 61.0 Å². The van der Waals surface area contributed by atoms with Crippen molar-refractivity contribution in [3.63, 3.8) is 0 Å². The lowest BCUT2D eigenvalue weighted by Gasteiger charge is -2.25. The van der Waals surface area contributed by atoms with E-state index < -0.39 is 26.7 Å². The third kappa shape index (κ3) is 6.41. The summed E-state index contributed by atoms with van der Waals surface area (Å²) in [5.74, 6) is -1.43. The summed E-state index contributed by atoms with van der Waals surface area (Å²) >= 11 is 12.4. The van der Waals surface area contributed by atoms with Gasteiger partial charge >= 0.3 is 0 Å². The largest absolute Gasteiger partial charge is 0.497 e. The molecule has 1 unspecified atom stereocenters. The first-order valence-corrected chi connectivity index (χ1v) is 14.1. The van der Waals surface area contributed by atoms with Crippen molar-refractivity contribution in [2.24, 2.45) is 0 Å². The maximum absolute atomic E-state index is 15.5. The summed E-state index contributed by atoms with van der Waals surface area (Å²) < 4.78 is 68.8. The second kappa shape index (κ2) is 12.3. The molecule has 210 valence electrons. The van der Waals surface area contributed by atoms with Crippen molar-refractivity contribution < 1.29 is 26.7 Å². The van der Waals surface area contributed by atoms with E-state index in [9.17, 15) is 12.8 Å². The van der Waals surface area contributed by atoms with Crippen LogP contribution in [-0.4, -0.2) is 27.6 Å². The number of rotatable bonds is 10. The van der Waals surface area contributed by atoms with Crippen LogP contribution in [0.25, 0.3) is 0 Å². The van der Waals surface area contributed by atoms with Crippen molar-refractivity contribution in [1.29, 1.82) is 0 Å². The number of aromatic nitrogens is 1. The summed E-state index contributed by atoms with van der Waals surface area (Å²) in [5.41, 5.74) is 1.45. The summed E-state index contributed by atoms with van der Waals surface area (Å²) in [5, 5.41) is 3.62. The monoisotopic (exact) mass is 607 g/mol. The molecule has 40 heavy (non-hydrogen) atoms. The van der Waals surface area contributed by atoms with Crippen LogP contribution < -0.4 is 19.1 Å². The van der Waals surface area contributed by atoms with Crippen molar-refractivity contribution in [2.45, 2.75) is 24.4 Å². The van der Waals surface area contributed by atoms with Crippen LogP contribution in [0.2, 0.25) is 10.0 Å². The minimum atomic E-state index is -4.65. The molecule has 0 aliphatic rings. The van der Waals surface area contributed by atoms with Crippen LogP contribution in [-0.2, 0) is 16.6 Å². The van der Waals surface area contributed by atoms with Gasteiger partial charge in [0.2, 0.25) is 5.95 Å². The third-order valence-electron chi connectivity index (χ3n) is 6.10. The molecule has 0 saturated carbocycles. The molecule has 1 aromatic heterocycles. The highest BCUT2D eigenvalue weighted by atomic mass is 35.5. The van der Waals surface area contributed by atoms with Crippen LogP contribution in [0, 0.1) is 11.8 Å². The van der Waals surface area contributed by atoms with Gasteiger partial charge in [0.15, 0.2) is 0 Å². The van der Waals surface area contributed by atoms with Gasteiger partial charge in [0.25, 0.3) is 10.0 Å². The topological polar surface area (TPSA) is 80.8 Å². The van der Waals surface area contributed by atoms with Crippen molar-refractivity contribution in [2.75, 3.05) is 23.8 Å². The molecule has 7 nitrogen and oxygen atoms in total. The zero-order valence-corrected chi connectivity index (χ0v) is 24.0. The predicted molar refractivity (Wildman–Crippen MR) is 152 cm³/mol. The Morgan fingerprint density at radius 2 is 1.70 bits per heavy atom. The Kier molecular flexibility index (Phi) is 9.02. The molecule has 1 N–H and O–H groups in total. The van der Waals surface area contributed by atoms with Crippen molar-refractivity contribution >= 4 is 44.7 Å². The van der Waals surface area contributed by atoms with E-state index in [-0.39, 0.29) is 29.1 Å². The molecule has 12 heteroatoms. The van der Waals surface area contributed by atoms with E-state index >= 15 is 4.39 Å². The summed E-state index contributed by atoms with van der Waals surface area (Å²) in [6, 6.07) is 17.2. The first kappa shape index (κ1) is 29.4. The summed E-state index contributed by atoms with van der Waals surface area (Å²) in [4.78, 5) is 3.03. The average Bonchev–Trinajstić information content (AvgIpc) is 2.93. The number of nitrogens with one attached hydrogen (secondary N) is 1. The lowest BCUT2D eigenvalue weighted by atomic mass is 10.1. The number of nitrogens with zero attached hydrogens (tertiary/aromatic N) is 2. The van der Waals surface area contributed by atoms with E-state index in [0.29, 0.717) is 22.1 Å². The molecule has 0 aliphatic heterocycles. The second-order valence-electron chi connectivity index (χ2n) is 8.69. The molecule has 1 atom stereocenters. The van der Waals surface area contributed by atoms with Crippen molar-refractivity contribution in [1.82, 2.24) is 4.98 Å². The molecule has 0 radical (unpaired) electrons. The highest BCUT2D eigenvalue weighted by Gasteiger charge is 2.31. The van der Waals surface area contributed by atoms with Crippen LogP contribution in [0.1, 0.15) is 24.1 Å². The Labute approximate surface area is 241 Å². The summed E-state index contributed by atoms with van der Waals surface area (Å²) in [6.45, 7) is 1.48. The van der Waals surface area contributed by atoms with Gasteiger partial charge in [-0.2, -0.15) is 4.39 Å². The molecule has 0 spiro atoms. The fraction of sp³-hybridized carbons (Fsp3) is 0.179. The zero-order chi connectivity index (χ0) is 29.0. The van der Waals surface area contributed by atoms with Crippen LogP contribution in [0.5, 0.6) is 11.5 Å². The van der Waals surface area contributed by atoms with Crippen LogP contribution >= 0.6 is 23.2 Å². The number of sulfonamides is 1. The van der Waals surface area contributed by atoms with E-state index in [1.54, 1.807) is 42.5 Å². The average molecular weight is 608 g/mol. The Balaban J connectivity index is 1.74. The normalized spacial score (nSPS) is 12.1. The molecule has 0 bridgehead atoms.